The lowest BCUT2D eigenvalue weighted by atomic mass is 10.2. The van der Waals surface area contributed by atoms with Crippen LogP contribution in [0.25, 0.3) is 11.1 Å². The number of para-hydroxylation sites is 2. The van der Waals surface area contributed by atoms with Gasteiger partial charge in [-0.2, -0.15) is 0 Å². The molecule has 2 aromatic carbocycles. The van der Waals surface area contributed by atoms with Gasteiger partial charge in [0.15, 0.2) is 17.1 Å². The monoisotopic (exact) mass is 354 g/mol. The highest BCUT2D eigenvalue weighted by Gasteiger charge is 2.31. The highest BCUT2D eigenvalue weighted by molar-refractivity contribution is 5.91. The molecule has 1 aromatic heterocycles. The number of ether oxygens (including phenoxy) is 2. The van der Waals surface area contributed by atoms with Crippen molar-refractivity contribution in [2.45, 2.75) is 32.6 Å². The minimum atomic E-state index is -0.714. The van der Waals surface area contributed by atoms with Crippen LogP contribution in [0.2, 0.25) is 0 Å². The fourth-order valence-corrected chi connectivity index (χ4v) is 2.96. The van der Waals surface area contributed by atoms with E-state index in [2.05, 4.69) is 5.32 Å². The van der Waals surface area contributed by atoms with Crippen LogP contribution in [0.4, 0.5) is 5.69 Å². The summed E-state index contributed by atoms with van der Waals surface area (Å²) in [6.45, 7) is 3.87. The first kappa shape index (κ1) is 16.3. The van der Waals surface area contributed by atoms with Crippen molar-refractivity contribution in [1.29, 1.82) is 0 Å². The van der Waals surface area contributed by atoms with E-state index < -0.39 is 11.5 Å². The standard InChI is InChI=1S/C19H18N2O5/c1-19(2)25-15-8-7-12(11-16(15)26-19)20-17(22)9-10-21-13-5-3-4-6-14(13)24-18(21)23/h3-8,11H,9-10H2,1-2H3,(H,20,22). The number of anilines is 1. The Kier molecular flexibility index (Phi) is 3.72. The van der Waals surface area contributed by atoms with E-state index >= 15 is 0 Å². The van der Waals surface area contributed by atoms with Gasteiger partial charge < -0.3 is 19.2 Å². The maximum absolute atomic E-state index is 12.3. The molecule has 7 heteroatoms. The van der Waals surface area contributed by atoms with Crippen LogP contribution < -0.4 is 20.5 Å². The Hall–Kier alpha value is -3.22. The molecule has 134 valence electrons. The highest BCUT2D eigenvalue weighted by atomic mass is 16.7. The van der Waals surface area contributed by atoms with Crippen LogP contribution in [0.1, 0.15) is 20.3 Å². The first-order chi connectivity index (χ1) is 12.4. The number of hydrogen-bond acceptors (Lipinski definition) is 5. The Balaban J connectivity index is 1.44. The highest BCUT2D eigenvalue weighted by Crippen LogP contribution is 2.40. The number of nitrogens with one attached hydrogen (secondary N) is 1. The summed E-state index contributed by atoms with van der Waals surface area (Å²) in [6, 6.07) is 12.4. The summed E-state index contributed by atoms with van der Waals surface area (Å²) in [5.41, 5.74) is 1.80. The van der Waals surface area contributed by atoms with Crippen molar-refractivity contribution in [3.63, 3.8) is 0 Å². The summed E-state index contributed by atoms with van der Waals surface area (Å²) in [6.07, 6.45) is 0.142. The largest absolute Gasteiger partial charge is 0.449 e. The molecular weight excluding hydrogens is 336 g/mol. The summed E-state index contributed by atoms with van der Waals surface area (Å²) in [5, 5.41) is 2.81. The summed E-state index contributed by atoms with van der Waals surface area (Å²) in [4.78, 5) is 24.2. The molecular formula is C19H18N2O5. The molecule has 2 heterocycles. The predicted molar refractivity (Wildman–Crippen MR) is 95.5 cm³/mol. The molecule has 1 aliphatic rings. The molecule has 0 bridgehead atoms. The van der Waals surface area contributed by atoms with Gasteiger partial charge in [0, 0.05) is 38.6 Å². The van der Waals surface area contributed by atoms with Crippen LogP contribution in [0, 0.1) is 0 Å². The fourth-order valence-electron chi connectivity index (χ4n) is 2.96. The first-order valence-corrected chi connectivity index (χ1v) is 8.32. The second kappa shape index (κ2) is 5.94. The van der Waals surface area contributed by atoms with E-state index in [9.17, 15) is 9.59 Å². The molecule has 0 aliphatic carbocycles. The van der Waals surface area contributed by atoms with Crippen molar-refractivity contribution in [1.82, 2.24) is 4.57 Å². The lowest BCUT2D eigenvalue weighted by Crippen LogP contribution is -2.29. The molecule has 4 rings (SSSR count). The van der Waals surface area contributed by atoms with Gasteiger partial charge in [-0.15, -0.1) is 0 Å². The van der Waals surface area contributed by atoms with E-state index in [0.29, 0.717) is 28.3 Å². The van der Waals surface area contributed by atoms with Crippen LogP contribution in [0.15, 0.2) is 51.7 Å². The Morgan fingerprint density at radius 2 is 1.88 bits per heavy atom. The van der Waals surface area contributed by atoms with Crippen molar-refractivity contribution in [2.75, 3.05) is 5.32 Å². The van der Waals surface area contributed by atoms with Crippen molar-refractivity contribution in [3.05, 3.63) is 53.0 Å². The predicted octanol–water partition coefficient (Wildman–Crippen LogP) is 3.13. The Bertz CT molecular complexity index is 1050. The third-order valence-corrected chi connectivity index (χ3v) is 4.08. The second-order valence-corrected chi connectivity index (χ2v) is 6.55. The van der Waals surface area contributed by atoms with Crippen LogP contribution in [-0.4, -0.2) is 16.3 Å². The fraction of sp³-hybridized carbons (Fsp3) is 0.263. The van der Waals surface area contributed by atoms with E-state index in [1.165, 1.54) is 4.57 Å². The first-order valence-electron chi connectivity index (χ1n) is 8.32. The lowest BCUT2D eigenvalue weighted by Gasteiger charge is -2.16. The maximum atomic E-state index is 12.3. The number of carbonyl (C=O) groups is 1. The average molecular weight is 354 g/mol. The van der Waals surface area contributed by atoms with Crippen LogP contribution >= 0.6 is 0 Å². The molecule has 0 saturated carbocycles. The number of fused-ring (bicyclic) bond motifs is 2. The Labute approximate surface area is 149 Å². The molecule has 1 N–H and O–H groups in total. The number of nitrogens with zero attached hydrogens (tertiary/aromatic N) is 1. The molecule has 7 nitrogen and oxygen atoms in total. The smallest absolute Gasteiger partial charge is 0.419 e. The number of benzene rings is 2. The zero-order chi connectivity index (χ0) is 18.3. The van der Waals surface area contributed by atoms with Gasteiger partial charge in [0.2, 0.25) is 11.7 Å². The Morgan fingerprint density at radius 1 is 1.12 bits per heavy atom. The third kappa shape index (κ3) is 3.03. The van der Waals surface area contributed by atoms with Gasteiger partial charge in [-0.1, -0.05) is 12.1 Å². The minimum absolute atomic E-state index is 0.142. The SMILES string of the molecule is CC1(C)Oc2ccc(NC(=O)CCn3c(=O)oc4ccccc43)cc2O1. The third-order valence-electron chi connectivity index (χ3n) is 4.08. The minimum Gasteiger partial charge on any atom is -0.449 e. The molecule has 26 heavy (non-hydrogen) atoms. The summed E-state index contributed by atoms with van der Waals surface area (Å²) in [7, 11) is 0. The molecule has 1 amide bonds. The van der Waals surface area contributed by atoms with Crippen molar-refractivity contribution in [3.8, 4) is 11.5 Å². The van der Waals surface area contributed by atoms with Crippen molar-refractivity contribution < 1.29 is 18.7 Å². The maximum Gasteiger partial charge on any atom is 0.419 e. The molecule has 3 aromatic rings. The van der Waals surface area contributed by atoms with Crippen molar-refractivity contribution >= 4 is 22.7 Å². The molecule has 0 saturated heterocycles. The molecule has 0 unspecified atom stereocenters. The van der Waals surface area contributed by atoms with E-state index in [1.807, 2.05) is 19.9 Å². The van der Waals surface area contributed by atoms with E-state index in [0.717, 1.165) is 0 Å². The van der Waals surface area contributed by atoms with E-state index in [1.54, 1.807) is 36.4 Å². The normalized spacial score (nSPS) is 14.5. The van der Waals surface area contributed by atoms with Crippen LogP contribution in [-0.2, 0) is 11.3 Å². The van der Waals surface area contributed by atoms with Crippen LogP contribution in [0.3, 0.4) is 0 Å². The molecule has 1 aliphatic heterocycles. The van der Waals surface area contributed by atoms with Gasteiger partial charge in [0.1, 0.15) is 0 Å². The van der Waals surface area contributed by atoms with Gasteiger partial charge in [-0.25, -0.2) is 4.79 Å². The quantitative estimate of drug-likeness (QED) is 0.778. The molecule has 0 radical (unpaired) electrons. The van der Waals surface area contributed by atoms with Gasteiger partial charge in [-0.3, -0.25) is 9.36 Å². The number of hydrogen-bond donors (Lipinski definition) is 1. The summed E-state index contributed by atoms with van der Waals surface area (Å²) >= 11 is 0. The molecule has 0 spiro atoms. The number of rotatable bonds is 4. The van der Waals surface area contributed by atoms with E-state index in [-0.39, 0.29) is 18.9 Å². The average Bonchev–Trinajstić information content (AvgIpc) is 3.06. The van der Waals surface area contributed by atoms with Crippen LogP contribution in [0.5, 0.6) is 11.5 Å². The zero-order valence-electron chi connectivity index (χ0n) is 14.4. The Morgan fingerprint density at radius 3 is 2.73 bits per heavy atom. The van der Waals surface area contributed by atoms with E-state index in [4.69, 9.17) is 13.9 Å². The second-order valence-electron chi connectivity index (χ2n) is 6.55. The number of oxazole rings is 1. The lowest BCUT2D eigenvalue weighted by molar-refractivity contribution is -0.116. The summed E-state index contributed by atoms with van der Waals surface area (Å²) in [5.74, 6) is -0.159. The van der Waals surface area contributed by atoms with Gasteiger partial charge in [0.05, 0.1) is 5.52 Å². The van der Waals surface area contributed by atoms with Gasteiger partial charge in [-0.05, 0) is 24.3 Å². The number of aromatic nitrogens is 1. The van der Waals surface area contributed by atoms with Gasteiger partial charge in [0.25, 0.3) is 0 Å². The number of aryl methyl sites for hydroxylation is 1. The summed E-state index contributed by atoms with van der Waals surface area (Å²) < 4.78 is 17.9. The van der Waals surface area contributed by atoms with Crippen molar-refractivity contribution in [2.24, 2.45) is 0 Å². The van der Waals surface area contributed by atoms with Gasteiger partial charge >= 0.3 is 5.76 Å². The topological polar surface area (TPSA) is 82.7 Å². The number of amides is 1. The molecule has 0 fully saturated rings. The number of carbonyl (C=O) groups excluding carboxylic acids is 1. The molecule has 0 atom stereocenters. The zero-order valence-corrected chi connectivity index (χ0v) is 14.4.